The summed E-state index contributed by atoms with van der Waals surface area (Å²) >= 11 is 6.00. The summed E-state index contributed by atoms with van der Waals surface area (Å²) in [7, 11) is 0. The molecule has 0 aliphatic carbocycles. The van der Waals surface area contributed by atoms with E-state index in [1.165, 1.54) is 11.1 Å². The normalized spacial score (nSPS) is 14.8. The molecule has 1 aliphatic rings. The van der Waals surface area contributed by atoms with Gasteiger partial charge in [-0.15, -0.1) is 0 Å². The van der Waals surface area contributed by atoms with Crippen LogP contribution in [-0.4, -0.2) is 42.0 Å². The molecule has 0 atom stereocenters. The average molecular weight is 432 g/mol. The molecule has 0 bridgehead atoms. The third-order valence-electron chi connectivity index (χ3n) is 5.53. The molecule has 1 saturated heterocycles. The van der Waals surface area contributed by atoms with Crippen molar-refractivity contribution in [2.45, 2.75) is 6.04 Å². The smallest absolute Gasteiger partial charge is 0.321 e. The van der Waals surface area contributed by atoms with Crippen molar-refractivity contribution in [1.29, 1.82) is 0 Å². The first-order valence-corrected chi connectivity index (χ1v) is 10.9. The van der Waals surface area contributed by atoms with Gasteiger partial charge in [0.05, 0.1) is 6.04 Å². The number of urea groups is 1. The summed E-state index contributed by atoms with van der Waals surface area (Å²) in [4.78, 5) is 16.9. The first-order chi connectivity index (χ1) is 15.2. The fourth-order valence-electron chi connectivity index (χ4n) is 3.98. The van der Waals surface area contributed by atoms with Crippen LogP contribution in [0, 0.1) is 0 Å². The van der Waals surface area contributed by atoms with E-state index in [9.17, 15) is 4.79 Å². The summed E-state index contributed by atoms with van der Waals surface area (Å²) in [5.41, 5.74) is 3.50. The maximum absolute atomic E-state index is 12.6. The zero-order valence-electron chi connectivity index (χ0n) is 17.3. The summed E-state index contributed by atoms with van der Waals surface area (Å²) in [5.74, 6) is 0. The van der Waals surface area contributed by atoms with Gasteiger partial charge in [0, 0.05) is 37.4 Å². The van der Waals surface area contributed by atoms with Crippen LogP contribution in [0.15, 0.2) is 91.1 Å². The number of nitrogens with zero attached hydrogens (tertiary/aromatic N) is 2. The van der Waals surface area contributed by atoms with Crippen molar-refractivity contribution < 1.29 is 4.79 Å². The van der Waals surface area contributed by atoms with Gasteiger partial charge in [-0.1, -0.05) is 84.4 Å². The van der Waals surface area contributed by atoms with Gasteiger partial charge in [0.15, 0.2) is 0 Å². The van der Waals surface area contributed by atoms with E-state index in [1.807, 2.05) is 47.4 Å². The van der Waals surface area contributed by atoms with Crippen LogP contribution in [0.25, 0.3) is 6.08 Å². The number of hydrogen-bond donors (Lipinski definition) is 1. The second-order valence-electron chi connectivity index (χ2n) is 7.58. The van der Waals surface area contributed by atoms with E-state index in [1.54, 1.807) is 6.20 Å². The van der Waals surface area contributed by atoms with Gasteiger partial charge in [-0.05, 0) is 34.9 Å². The van der Waals surface area contributed by atoms with Crippen LogP contribution in [0.5, 0.6) is 0 Å². The predicted octanol–water partition coefficient (Wildman–Crippen LogP) is 5.43. The Kier molecular flexibility index (Phi) is 7.03. The van der Waals surface area contributed by atoms with Crippen molar-refractivity contribution in [2.24, 2.45) is 0 Å². The van der Waals surface area contributed by atoms with Crippen molar-refractivity contribution in [3.05, 3.63) is 113 Å². The van der Waals surface area contributed by atoms with Gasteiger partial charge >= 0.3 is 6.03 Å². The van der Waals surface area contributed by atoms with Crippen LogP contribution in [0.3, 0.4) is 0 Å². The fourth-order valence-corrected chi connectivity index (χ4v) is 4.18. The Balaban J connectivity index is 1.38. The molecule has 158 valence electrons. The minimum Gasteiger partial charge on any atom is -0.322 e. The highest BCUT2D eigenvalue weighted by molar-refractivity contribution is 6.30. The Hall–Kier alpha value is -3.08. The Morgan fingerprint density at radius 1 is 0.839 bits per heavy atom. The Morgan fingerprint density at radius 2 is 1.45 bits per heavy atom. The number of hydrogen-bond acceptors (Lipinski definition) is 2. The molecule has 1 N–H and O–H groups in total. The quantitative estimate of drug-likeness (QED) is 0.584. The first kappa shape index (κ1) is 21.2. The lowest BCUT2D eigenvalue weighted by Crippen LogP contribution is -2.51. The molecule has 0 radical (unpaired) electrons. The van der Waals surface area contributed by atoms with E-state index in [-0.39, 0.29) is 12.1 Å². The van der Waals surface area contributed by atoms with Gasteiger partial charge in [-0.3, -0.25) is 4.90 Å². The standard InChI is InChI=1S/C26H26ClN3O/c27-24-13-7-8-21(20-24)14-15-28-26(31)30-18-16-29(17-19-30)25(22-9-3-1-4-10-22)23-11-5-2-6-12-23/h1-15,20,25H,16-19H2,(H,28,31)/b15-14+. The molecule has 0 aromatic heterocycles. The molecule has 31 heavy (non-hydrogen) atoms. The van der Waals surface area contributed by atoms with Crippen molar-refractivity contribution >= 4 is 23.7 Å². The highest BCUT2D eigenvalue weighted by Crippen LogP contribution is 2.29. The SMILES string of the molecule is O=C(N/C=C/c1cccc(Cl)c1)N1CCN(C(c2ccccc2)c2ccccc2)CC1. The van der Waals surface area contributed by atoms with Crippen LogP contribution in [-0.2, 0) is 0 Å². The number of nitrogens with one attached hydrogen (secondary N) is 1. The molecular formula is C26H26ClN3O. The fraction of sp³-hybridized carbons (Fsp3) is 0.192. The minimum atomic E-state index is -0.0751. The lowest BCUT2D eigenvalue weighted by molar-refractivity contribution is 0.122. The van der Waals surface area contributed by atoms with Gasteiger partial charge in [0.2, 0.25) is 0 Å². The Labute approximate surface area is 188 Å². The lowest BCUT2D eigenvalue weighted by Gasteiger charge is -2.39. The molecule has 0 spiro atoms. The predicted molar refractivity (Wildman–Crippen MR) is 127 cm³/mol. The summed E-state index contributed by atoms with van der Waals surface area (Å²) < 4.78 is 0. The van der Waals surface area contributed by atoms with Crippen molar-refractivity contribution in [3.8, 4) is 0 Å². The van der Waals surface area contributed by atoms with E-state index >= 15 is 0 Å². The number of amides is 2. The third-order valence-corrected chi connectivity index (χ3v) is 5.76. The van der Waals surface area contributed by atoms with Crippen LogP contribution >= 0.6 is 11.6 Å². The van der Waals surface area contributed by atoms with Gasteiger partial charge in [0.25, 0.3) is 0 Å². The number of halogens is 1. The highest BCUT2D eigenvalue weighted by Gasteiger charge is 2.27. The van der Waals surface area contributed by atoms with Crippen LogP contribution in [0.2, 0.25) is 5.02 Å². The molecule has 1 heterocycles. The molecule has 3 aromatic rings. The second-order valence-corrected chi connectivity index (χ2v) is 8.02. The highest BCUT2D eigenvalue weighted by atomic mass is 35.5. The van der Waals surface area contributed by atoms with E-state index in [2.05, 4.69) is 58.7 Å². The topological polar surface area (TPSA) is 35.6 Å². The van der Waals surface area contributed by atoms with Gasteiger partial charge in [-0.25, -0.2) is 4.79 Å². The molecule has 1 fully saturated rings. The van der Waals surface area contributed by atoms with Crippen molar-refractivity contribution in [1.82, 2.24) is 15.1 Å². The summed E-state index contributed by atoms with van der Waals surface area (Å²) in [5, 5.41) is 3.55. The molecule has 5 heteroatoms. The van der Waals surface area contributed by atoms with E-state index in [0.29, 0.717) is 18.1 Å². The minimum absolute atomic E-state index is 0.0751. The molecule has 2 amide bonds. The van der Waals surface area contributed by atoms with E-state index in [0.717, 1.165) is 18.7 Å². The summed E-state index contributed by atoms with van der Waals surface area (Å²) in [6.45, 7) is 3.01. The van der Waals surface area contributed by atoms with Crippen LogP contribution in [0.4, 0.5) is 4.79 Å². The van der Waals surface area contributed by atoms with Crippen LogP contribution in [0.1, 0.15) is 22.7 Å². The molecule has 0 saturated carbocycles. The van der Waals surface area contributed by atoms with Gasteiger partial charge in [0.1, 0.15) is 0 Å². The van der Waals surface area contributed by atoms with Crippen molar-refractivity contribution in [3.63, 3.8) is 0 Å². The van der Waals surface area contributed by atoms with Crippen LogP contribution < -0.4 is 5.32 Å². The maximum Gasteiger partial charge on any atom is 0.321 e. The molecule has 4 nitrogen and oxygen atoms in total. The number of carbonyl (C=O) groups excluding carboxylic acids is 1. The Bertz CT molecular complexity index is 976. The second kappa shape index (κ2) is 10.3. The Morgan fingerprint density at radius 3 is 2.03 bits per heavy atom. The molecule has 3 aromatic carbocycles. The lowest BCUT2D eigenvalue weighted by atomic mass is 9.96. The number of rotatable bonds is 5. The maximum atomic E-state index is 12.6. The molecule has 4 rings (SSSR count). The monoisotopic (exact) mass is 431 g/mol. The first-order valence-electron chi connectivity index (χ1n) is 10.5. The molecular weight excluding hydrogens is 406 g/mol. The zero-order chi connectivity index (χ0) is 21.5. The summed E-state index contributed by atoms with van der Waals surface area (Å²) in [6, 6.07) is 28.8. The van der Waals surface area contributed by atoms with Gasteiger partial charge < -0.3 is 10.2 Å². The van der Waals surface area contributed by atoms with Gasteiger partial charge in [-0.2, -0.15) is 0 Å². The summed E-state index contributed by atoms with van der Waals surface area (Å²) in [6.07, 6.45) is 3.53. The number of carbonyl (C=O) groups is 1. The zero-order valence-corrected chi connectivity index (χ0v) is 18.1. The third kappa shape index (κ3) is 5.54. The molecule has 1 aliphatic heterocycles. The van der Waals surface area contributed by atoms with Crippen molar-refractivity contribution in [2.75, 3.05) is 26.2 Å². The number of piperazine rings is 1. The molecule has 0 unspecified atom stereocenters. The number of benzene rings is 3. The van der Waals surface area contributed by atoms with E-state index in [4.69, 9.17) is 11.6 Å². The van der Waals surface area contributed by atoms with E-state index < -0.39 is 0 Å². The average Bonchev–Trinajstić information content (AvgIpc) is 2.81. The largest absolute Gasteiger partial charge is 0.322 e.